The topological polar surface area (TPSA) is 51.7 Å². The summed E-state index contributed by atoms with van der Waals surface area (Å²) in [6, 6.07) is 10.4. The summed E-state index contributed by atoms with van der Waals surface area (Å²) in [6.45, 7) is 3.18. The number of quaternary nitrogens is 2. The van der Waals surface area contributed by atoms with E-state index < -0.39 is 0 Å². The first-order valence-electron chi connectivity index (χ1n) is 8.47. The fraction of sp³-hybridized carbons (Fsp3) is 0.368. The van der Waals surface area contributed by atoms with Crippen LogP contribution in [0, 0.1) is 5.82 Å². The van der Waals surface area contributed by atoms with Gasteiger partial charge in [-0.1, -0.05) is 17.7 Å². The van der Waals surface area contributed by atoms with Gasteiger partial charge in [0.15, 0.2) is 11.5 Å². The molecule has 2 rings (SSSR count). The van der Waals surface area contributed by atoms with Crippen molar-refractivity contribution in [2.75, 3.05) is 27.2 Å². The summed E-state index contributed by atoms with van der Waals surface area (Å²) in [6.07, 6.45) is 1.18. The minimum Gasteiger partial charge on any atom is -0.493 e. The van der Waals surface area contributed by atoms with Crippen molar-refractivity contribution < 1.29 is 24.5 Å². The van der Waals surface area contributed by atoms with Crippen LogP contribution in [0.15, 0.2) is 36.4 Å². The molecule has 0 fully saturated rings. The number of hydrogen-bond donors (Lipinski definition) is 2. The first kappa shape index (κ1) is 19.5. The average Bonchev–Trinajstić information content (AvgIpc) is 2.61. The average molecular weight is 369 g/mol. The van der Waals surface area contributed by atoms with Crippen molar-refractivity contribution in [2.45, 2.75) is 19.6 Å². The van der Waals surface area contributed by atoms with Crippen LogP contribution in [0.5, 0.6) is 11.5 Å². The Morgan fingerprint density at radius 3 is 2.68 bits per heavy atom. The molecular formula is C19H26ClFN2O2+2. The Kier molecular flexibility index (Phi) is 7.98. The van der Waals surface area contributed by atoms with E-state index in [1.807, 2.05) is 18.2 Å². The molecule has 25 heavy (non-hydrogen) atoms. The summed E-state index contributed by atoms with van der Waals surface area (Å²) in [7, 11) is 3.68. The minimum atomic E-state index is -0.373. The Morgan fingerprint density at radius 2 is 1.96 bits per heavy atom. The first-order valence-corrected chi connectivity index (χ1v) is 8.85. The Hall–Kier alpha value is -1.82. The van der Waals surface area contributed by atoms with Crippen LogP contribution in [-0.2, 0) is 13.2 Å². The van der Waals surface area contributed by atoms with E-state index >= 15 is 0 Å². The lowest BCUT2D eigenvalue weighted by atomic mass is 10.2. The molecule has 6 heteroatoms. The Morgan fingerprint density at radius 1 is 1.12 bits per heavy atom. The smallest absolute Gasteiger partial charge is 0.161 e. The number of hydrogen-bond acceptors (Lipinski definition) is 2. The summed E-state index contributed by atoms with van der Waals surface area (Å²) in [5, 5.41) is 4.82. The molecule has 0 aliphatic heterocycles. The van der Waals surface area contributed by atoms with Crippen LogP contribution in [-0.4, -0.2) is 27.2 Å². The third-order valence-electron chi connectivity index (χ3n) is 3.94. The molecule has 4 N–H and O–H groups in total. The molecule has 0 aliphatic rings. The van der Waals surface area contributed by atoms with E-state index in [1.54, 1.807) is 19.2 Å². The van der Waals surface area contributed by atoms with Crippen molar-refractivity contribution in [3.8, 4) is 11.5 Å². The van der Waals surface area contributed by atoms with Crippen molar-refractivity contribution in [2.24, 2.45) is 0 Å². The number of methoxy groups -OCH3 is 1. The van der Waals surface area contributed by atoms with Crippen LogP contribution >= 0.6 is 11.6 Å². The highest BCUT2D eigenvalue weighted by molar-refractivity contribution is 6.31. The molecule has 0 amide bonds. The van der Waals surface area contributed by atoms with Gasteiger partial charge in [-0.3, -0.25) is 0 Å². The lowest BCUT2D eigenvalue weighted by Gasteiger charge is -2.13. The van der Waals surface area contributed by atoms with Crippen molar-refractivity contribution in [3.05, 3.63) is 58.4 Å². The normalized spacial score (nSPS) is 10.7. The second-order valence-electron chi connectivity index (χ2n) is 5.81. The van der Waals surface area contributed by atoms with E-state index in [2.05, 4.69) is 17.7 Å². The second-order valence-corrected chi connectivity index (χ2v) is 6.21. The third kappa shape index (κ3) is 5.88. The summed E-state index contributed by atoms with van der Waals surface area (Å²) < 4.78 is 25.0. The van der Waals surface area contributed by atoms with Gasteiger partial charge >= 0.3 is 0 Å². The van der Waals surface area contributed by atoms with Gasteiger partial charge in [-0.25, -0.2) is 4.39 Å². The molecule has 0 unspecified atom stereocenters. The SMILES string of the molecule is C[NH2+]CCC[NH2+]Cc1ccc(OCc2c(F)cccc2Cl)c(OC)c1. The van der Waals surface area contributed by atoms with Gasteiger partial charge in [0.05, 0.1) is 32.3 Å². The van der Waals surface area contributed by atoms with E-state index in [0.717, 1.165) is 25.2 Å². The van der Waals surface area contributed by atoms with Crippen molar-refractivity contribution >= 4 is 11.6 Å². The monoisotopic (exact) mass is 368 g/mol. The fourth-order valence-electron chi connectivity index (χ4n) is 2.51. The predicted molar refractivity (Wildman–Crippen MR) is 96.6 cm³/mol. The fourth-order valence-corrected chi connectivity index (χ4v) is 2.73. The van der Waals surface area contributed by atoms with Crippen molar-refractivity contribution in [1.82, 2.24) is 0 Å². The van der Waals surface area contributed by atoms with Gasteiger partial charge in [0.2, 0.25) is 0 Å². The molecule has 0 aromatic heterocycles. The number of ether oxygens (including phenoxy) is 2. The maximum Gasteiger partial charge on any atom is 0.161 e. The van der Waals surface area contributed by atoms with Gasteiger partial charge in [-0.2, -0.15) is 0 Å². The summed E-state index contributed by atoms with van der Waals surface area (Å²) in [4.78, 5) is 0. The van der Waals surface area contributed by atoms with Gasteiger partial charge in [0.25, 0.3) is 0 Å². The van der Waals surface area contributed by atoms with Crippen molar-refractivity contribution in [3.63, 3.8) is 0 Å². The van der Waals surface area contributed by atoms with Gasteiger partial charge in [0.1, 0.15) is 19.0 Å². The molecule has 0 bridgehead atoms. The van der Waals surface area contributed by atoms with Crippen LogP contribution in [0.1, 0.15) is 17.5 Å². The molecule has 0 saturated heterocycles. The molecule has 0 heterocycles. The van der Waals surface area contributed by atoms with Crippen LogP contribution in [0.4, 0.5) is 4.39 Å². The van der Waals surface area contributed by atoms with Gasteiger partial charge in [-0.15, -0.1) is 0 Å². The maximum atomic E-state index is 13.8. The predicted octanol–water partition coefficient (Wildman–Crippen LogP) is 1.71. The quantitative estimate of drug-likeness (QED) is 0.627. The lowest BCUT2D eigenvalue weighted by Crippen LogP contribution is -2.85. The highest BCUT2D eigenvalue weighted by atomic mass is 35.5. The number of benzene rings is 2. The minimum absolute atomic E-state index is 0.0564. The molecular weight excluding hydrogens is 343 g/mol. The first-order chi connectivity index (χ1) is 12.2. The lowest BCUT2D eigenvalue weighted by molar-refractivity contribution is -0.682. The number of halogens is 2. The van der Waals surface area contributed by atoms with E-state index in [4.69, 9.17) is 21.1 Å². The van der Waals surface area contributed by atoms with E-state index in [-0.39, 0.29) is 12.4 Å². The number of rotatable bonds is 10. The zero-order valence-electron chi connectivity index (χ0n) is 14.7. The third-order valence-corrected chi connectivity index (χ3v) is 4.30. The van der Waals surface area contributed by atoms with Gasteiger partial charge in [-0.05, 0) is 30.3 Å². The largest absolute Gasteiger partial charge is 0.493 e. The molecule has 0 radical (unpaired) electrons. The van der Waals surface area contributed by atoms with E-state index in [9.17, 15) is 4.39 Å². The zero-order chi connectivity index (χ0) is 18.1. The maximum absolute atomic E-state index is 13.8. The molecule has 136 valence electrons. The zero-order valence-corrected chi connectivity index (χ0v) is 15.5. The Balaban J connectivity index is 1.97. The molecule has 0 saturated carbocycles. The molecule has 4 nitrogen and oxygen atoms in total. The van der Waals surface area contributed by atoms with Crippen LogP contribution in [0.2, 0.25) is 5.02 Å². The Labute approximate surface area is 153 Å². The summed E-state index contributed by atoms with van der Waals surface area (Å²) in [5.74, 6) is 0.841. The molecule has 0 spiro atoms. The molecule has 2 aromatic carbocycles. The van der Waals surface area contributed by atoms with E-state index in [1.165, 1.54) is 12.5 Å². The highest BCUT2D eigenvalue weighted by Crippen LogP contribution is 2.30. The summed E-state index contributed by atoms with van der Waals surface area (Å²) in [5.41, 5.74) is 1.50. The van der Waals surface area contributed by atoms with Crippen LogP contribution < -0.4 is 20.1 Å². The van der Waals surface area contributed by atoms with Crippen LogP contribution in [0.25, 0.3) is 0 Å². The second kappa shape index (κ2) is 10.2. The summed E-state index contributed by atoms with van der Waals surface area (Å²) >= 11 is 6.03. The van der Waals surface area contributed by atoms with Gasteiger partial charge < -0.3 is 20.1 Å². The Bertz CT molecular complexity index is 662. The van der Waals surface area contributed by atoms with Gasteiger partial charge in [0, 0.05) is 17.5 Å². The standard InChI is InChI=1S/C19H24ClFN2O2/c1-22-9-4-10-23-12-14-7-8-18(19(11-14)24-2)25-13-15-16(20)5-3-6-17(15)21/h3,5-8,11,22-23H,4,9-10,12-13H2,1-2H3/p+2. The van der Waals surface area contributed by atoms with Crippen LogP contribution in [0.3, 0.4) is 0 Å². The van der Waals surface area contributed by atoms with Crippen molar-refractivity contribution in [1.29, 1.82) is 0 Å². The molecule has 0 aliphatic carbocycles. The molecule has 2 aromatic rings. The van der Waals surface area contributed by atoms with E-state index in [0.29, 0.717) is 22.1 Å². The number of nitrogens with two attached hydrogens (primary N) is 2. The highest BCUT2D eigenvalue weighted by Gasteiger charge is 2.11. The molecule has 0 atom stereocenters.